The van der Waals surface area contributed by atoms with Crippen LogP contribution in [0.15, 0.2) is 24.5 Å². The Balaban J connectivity index is 0.00000200. The smallest absolute Gasteiger partial charge is 0.239 e. The molecule has 1 amide bonds. The third-order valence-electron chi connectivity index (χ3n) is 3.40. The van der Waals surface area contributed by atoms with Crippen molar-refractivity contribution in [2.24, 2.45) is 11.7 Å². The van der Waals surface area contributed by atoms with Gasteiger partial charge in [-0.2, -0.15) is 0 Å². The van der Waals surface area contributed by atoms with Crippen molar-refractivity contribution in [3.63, 3.8) is 0 Å². The first-order chi connectivity index (χ1) is 9.08. The van der Waals surface area contributed by atoms with Crippen LogP contribution in [0.3, 0.4) is 0 Å². The lowest BCUT2D eigenvalue weighted by Gasteiger charge is -2.23. The molecule has 1 aromatic heterocycles. The molecule has 0 aliphatic carbocycles. The molecule has 1 aliphatic rings. The third kappa shape index (κ3) is 4.08. The number of aromatic nitrogens is 1. The summed E-state index contributed by atoms with van der Waals surface area (Å²) in [7, 11) is 0. The lowest BCUT2D eigenvalue weighted by atomic mass is 10.0. The summed E-state index contributed by atoms with van der Waals surface area (Å²) in [5.74, 6) is 0.924. The average molecular weight is 300 g/mol. The van der Waals surface area contributed by atoms with E-state index in [1.807, 2.05) is 26.0 Å². The number of carbonyl (C=O) groups excluding carboxylic acids is 1. The maximum atomic E-state index is 12.1. The molecule has 1 unspecified atom stereocenters. The second kappa shape index (κ2) is 7.45. The molecule has 1 aromatic rings. The summed E-state index contributed by atoms with van der Waals surface area (Å²) in [6.07, 6.45) is 4.27. The molecule has 0 bridgehead atoms. The first-order valence-electron chi connectivity index (χ1n) is 6.69. The highest BCUT2D eigenvalue weighted by Crippen LogP contribution is 2.18. The number of hydrogen-bond acceptors (Lipinski definition) is 4. The largest absolute Gasteiger partial charge is 0.487 e. The van der Waals surface area contributed by atoms with Gasteiger partial charge in [0.2, 0.25) is 5.91 Å². The molecule has 112 valence electrons. The molecule has 2 heterocycles. The van der Waals surface area contributed by atoms with Crippen LogP contribution in [0, 0.1) is 5.92 Å². The van der Waals surface area contributed by atoms with Gasteiger partial charge in [0.25, 0.3) is 0 Å². The van der Waals surface area contributed by atoms with E-state index in [0.29, 0.717) is 13.1 Å². The van der Waals surface area contributed by atoms with Crippen molar-refractivity contribution < 1.29 is 9.53 Å². The lowest BCUT2D eigenvalue weighted by molar-refractivity contribution is -0.132. The van der Waals surface area contributed by atoms with E-state index >= 15 is 0 Å². The van der Waals surface area contributed by atoms with Gasteiger partial charge in [0.15, 0.2) is 0 Å². The zero-order chi connectivity index (χ0) is 13.8. The van der Waals surface area contributed by atoms with E-state index in [1.54, 1.807) is 17.3 Å². The summed E-state index contributed by atoms with van der Waals surface area (Å²) in [5.41, 5.74) is 5.90. The molecule has 1 aliphatic heterocycles. The number of nitrogens with two attached hydrogens (primary N) is 1. The summed E-state index contributed by atoms with van der Waals surface area (Å²) in [6, 6.07) is 3.29. The van der Waals surface area contributed by atoms with E-state index < -0.39 is 6.04 Å². The summed E-state index contributed by atoms with van der Waals surface area (Å²) in [4.78, 5) is 17.9. The maximum absolute atomic E-state index is 12.1. The topological polar surface area (TPSA) is 68.5 Å². The van der Waals surface area contributed by atoms with E-state index in [1.165, 1.54) is 0 Å². The zero-order valence-corrected chi connectivity index (χ0v) is 12.7. The fourth-order valence-corrected chi connectivity index (χ4v) is 2.13. The van der Waals surface area contributed by atoms with Gasteiger partial charge in [0.1, 0.15) is 11.9 Å². The molecule has 1 fully saturated rings. The van der Waals surface area contributed by atoms with Gasteiger partial charge >= 0.3 is 0 Å². The third-order valence-corrected chi connectivity index (χ3v) is 3.40. The molecule has 6 heteroatoms. The van der Waals surface area contributed by atoms with E-state index in [0.717, 1.165) is 12.2 Å². The lowest BCUT2D eigenvalue weighted by Crippen LogP contribution is -2.46. The van der Waals surface area contributed by atoms with Crippen molar-refractivity contribution >= 4 is 18.3 Å². The van der Waals surface area contributed by atoms with E-state index in [2.05, 4.69) is 4.98 Å². The number of carbonyl (C=O) groups is 1. The molecule has 20 heavy (non-hydrogen) atoms. The number of rotatable bonds is 4. The van der Waals surface area contributed by atoms with Crippen LogP contribution in [-0.4, -0.2) is 41.0 Å². The van der Waals surface area contributed by atoms with Crippen LogP contribution < -0.4 is 10.5 Å². The number of pyridine rings is 1. The molecule has 0 spiro atoms. The van der Waals surface area contributed by atoms with Crippen LogP contribution in [-0.2, 0) is 4.79 Å². The van der Waals surface area contributed by atoms with Crippen molar-refractivity contribution in [1.82, 2.24) is 9.88 Å². The quantitative estimate of drug-likeness (QED) is 0.914. The Hall–Kier alpha value is -1.33. The summed E-state index contributed by atoms with van der Waals surface area (Å²) in [5, 5.41) is 0. The van der Waals surface area contributed by atoms with Crippen LogP contribution in [0.4, 0.5) is 0 Å². The van der Waals surface area contributed by atoms with Gasteiger partial charge in [-0.1, -0.05) is 13.8 Å². The molecule has 2 atom stereocenters. The number of ether oxygens (including phenoxy) is 1. The van der Waals surface area contributed by atoms with Gasteiger partial charge in [-0.25, -0.2) is 0 Å². The Kier molecular flexibility index (Phi) is 6.23. The molecule has 2 N–H and O–H groups in total. The fraction of sp³-hybridized carbons (Fsp3) is 0.571. The van der Waals surface area contributed by atoms with Gasteiger partial charge in [0.05, 0.1) is 18.8 Å². The highest BCUT2D eigenvalue weighted by Gasteiger charge is 2.31. The van der Waals surface area contributed by atoms with E-state index in [4.69, 9.17) is 10.5 Å². The number of halogens is 1. The second-order valence-corrected chi connectivity index (χ2v) is 5.27. The molecular formula is C14H22ClN3O2. The summed E-state index contributed by atoms with van der Waals surface area (Å²) in [6.45, 7) is 5.24. The SMILES string of the molecule is CC(C)[C@H](N)C(=O)N1CCC(Oc2cccnc2)C1.Cl. The van der Waals surface area contributed by atoms with Gasteiger partial charge in [-0.05, 0) is 18.1 Å². The molecule has 0 saturated carbocycles. The van der Waals surface area contributed by atoms with Crippen LogP contribution in [0.2, 0.25) is 0 Å². The van der Waals surface area contributed by atoms with Crippen LogP contribution >= 0.6 is 12.4 Å². The maximum Gasteiger partial charge on any atom is 0.239 e. The zero-order valence-electron chi connectivity index (χ0n) is 11.9. The number of nitrogens with zero attached hydrogens (tertiary/aromatic N) is 2. The monoisotopic (exact) mass is 299 g/mol. The fourth-order valence-electron chi connectivity index (χ4n) is 2.13. The van der Waals surface area contributed by atoms with Gasteiger partial charge in [-0.15, -0.1) is 12.4 Å². The molecule has 2 rings (SSSR count). The van der Waals surface area contributed by atoms with Crippen molar-refractivity contribution in [1.29, 1.82) is 0 Å². The van der Waals surface area contributed by atoms with Crippen LogP contribution in [0.25, 0.3) is 0 Å². The van der Waals surface area contributed by atoms with Crippen LogP contribution in [0.1, 0.15) is 20.3 Å². The van der Waals surface area contributed by atoms with E-state index in [9.17, 15) is 4.79 Å². The van der Waals surface area contributed by atoms with E-state index in [-0.39, 0.29) is 30.3 Å². The Morgan fingerprint density at radius 2 is 2.30 bits per heavy atom. The normalized spacial score (nSPS) is 19.6. The first-order valence-corrected chi connectivity index (χ1v) is 6.69. The molecular weight excluding hydrogens is 278 g/mol. The standard InChI is InChI=1S/C14H21N3O2.ClH/c1-10(2)13(15)14(18)17-7-5-12(9-17)19-11-4-3-6-16-8-11;/h3-4,6,8,10,12-13H,5,7,9,15H2,1-2H3;1H/t12?,13-;/m0./s1. The van der Waals surface area contributed by atoms with Crippen molar-refractivity contribution in [3.8, 4) is 5.75 Å². The Morgan fingerprint density at radius 3 is 2.90 bits per heavy atom. The minimum absolute atomic E-state index is 0. The Labute approximate surface area is 125 Å². The number of hydrogen-bond donors (Lipinski definition) is 1. The number of likely N-dealkylation sites (tertiary alicyclic amines) is 1. The average Bonchev–Trinajstić information content (AvgIpc) is 2.86. The highest BCUT2D eigenvalue weighted by atomic mass is 35.5. The summed E-state index contributed by atoms with van der Waals surface area (Å²) < 4.78 is 5.80. The minimum Gasteiger partial charge on any atom is -0.487 e. The van der Waals surface area contributed by atoms with Crippen molar-refractivity contribution in [2.45, 2.75) is 32.4 Å². The Morgan fingerprint density at radius 1 is 1.55 bits per heavy atom. The van der Waals surface area contributed by atoms with Gasteiger partial charge in [-0.3, -0.25) is 9.78 Å². The Bertz CT molecular complexity index is 428. The second-order valence-electron chi connectivity index (χ2n) is 5.27. The van der Waals surface area contributed by atoms with Crippen molar-refractivity contribution in [2.75, 3.05) is 13.1 Å². The molecule has 0 radical (unpaired) electrons. The molecule has 0 aromatic carbocycles. The minimum atomic E-state index is -0.419. The first kappa shape index (κ1) is 16.7. The molecule has 5 nitrogen and oxygen atoms in total. The summed E-state index contributed by atoms with van der Waals surface area (Å²) >= 11 is 0. The predicted octanol–water partition coefficient (Wildman–Crippen LogP) is 1.47. The van der Waals surface area contributed by atoms with Crippen LogP contribution in [0.5, 0.6) is 5.75 Å². The predicted molar refractivity (Wildman–Crippen MR) is 79.9 cm³/mol. The van der Waals surface area contributed by atoms with Gasteiger partial charge in [0, 0.05) is 19.2 Å². The van der Waals surface area contributed by atoms with Gasteiger partial charge < -0.3 is 15.4 Å². The number of amides is 1. The van der Waals surface area contributed by atoms with Crippen molar-refractivity contribution in [3.05, 3.63) is 24.5 Å². The highest BCUT2D eigenvalue weighted by molar-refractivity contribution is 5.85. The molecule has 1 saturated heterocycles.